The zero-order chi connectivity index (χ0) is 14.7. The molecule has 0 aliphatic heterocycles. The maximum atomic E-state index is 11.7. The average molecular weight is 292 g/mol. The van der Waals surface area contributed by atoms with Gasteiger partial charge in [0.15, 0.2) is 0 Å². The maximum Gasteiger partial charge on any atom is 0.338 e. The van der Waals surface area contributed by atoms with Crippen molar-refractivity contribution < 1.29 is 14.5 Å². The number of rotatable bonds is 3. The van der Waals surface area contributed by atoms with Crippen LogP contribution in [0.3, 0.4) is 0 Å². The number of ether oxygens (including phenoxy) is 1. The van der Waals surface area contributed by atoms with E-state index in [4.69, 9.17) is 16.3 Å². The van der Waals surface area contributed by atoms with Gasteiger partial charge < -0.3 is 4.74 Å². The van der Waals surface area contributed by atoms with Gasteiger partial charge in [0.2, 0.25) is 0 Å². The Hall–Kier alpha value is -2.40. The summed E-state index contributed by atoms with van der Waals surface area (Å²) < 4.78 is 4.71. The minimum Gasteiger partial charge on any atom is -0.465 e. The molecule has 0 bridgehead atoms. The molecule has 0 amide bonds. The molecule has 6 heteroatoms. The molecule has 2 rings (SSSR count). The summed E-state index contributed by atoms with van der Waals surface area (Å²) in [7, 11) is 1.29. The average Bonchev–Trinajstić information content (AvgIpc) is 2.46. The molecule has 0 fully saturated rings. The third-order valence-electron chi connectivity index (χ3n) is 2.78. The molecule has 2 aromatic rings. The highest BCUT2D eigenvalue weighted by Crippen LogP contribution is 2.29. The number of nitro benzene ring substituents is 1. The number of hydrogen-bond donors (Lipinski definition) is 0. The van der Waals surface area contributed by atoms with E-state index in [0.29, 0.717) is 21.7 Å². The molecule has 0 aliphatic carbocycles. The van der Waals surface area contributed by atoms with Gasteiger partial charge in [-0.15, -0.1) is 0 Å². The van der Waals surface area contributed by atoms with E-state index >= 15 is 0 Å². The zero-order valence-corrected chi connectivity index (χ0v) is 11.3. The van der Waals surface area contributed by atoms with Gasteiger partial charge in [-0.2, -0.15) is 0 Å². The van der Waals surface area contributed by atoms with Crippen LogP contribution in [0.4, 0.5) is 5.69 Å². The lowest BCUT2D eigenvalue weighted by atomic mass is 9.99. The SMILES string of the molecule is COC(=O)c1ccc(Cl)cc1-c1ccc([N+](=O)[O-])cc1. The predicted octanol–water partition coefficient (Wildman–Crippen LogP) is 3.70. The van der Waals surface area contributed by atoms with Gasteiger partial charge in [0.1, 0.15) is 0 Å². The van der Waals surface area contributed by atoms with Gasteiger partial charge in [-0.05, 0) is 41.5 Å². The summed E-state index contributed by atoms with van der Waals surface area (Å²) in [4.78, 5) is 21.9. The van der Waals surface area contributed by atoms with Gasteiger partial charge in [0.25, 0.3) is 5.69 Å². The van der Waals surface area contributed by atoms with Crippen molar-refractivity contribution in [2.24, 2.45) is 0 Å². The highest BCUT2D eigenvalue weighted by molar-refractivity contribution is 6.31. The van der Waals surface area contributed by atoms with E-state index in [-0.39, 0.29) is 5.69 Å². The fraction of sp³-hybridized carbons (Fsp3) is 0.0714. The Morgan fingerprint density at radius 2 is 1.85 bits per heavy atom. The molecule has 0 saturated heterocycles. The van der Waals surface area contributed by atoms with Crippen LogP contribution in [-0.2, 0) is 4.74 Å². The maximum absolute atomic E-state index is 11.7. The number of nitro groups is 1. The summed E-state index contributed by atoms with van der Waals surface area (Å²) in [5.41, 5.74) is 1.55. The molecule has 0 heterocycles. The largest absolute Gasteiger partial charge is 0.465 e. The molecule has 0 atom stereocenters. The number of benzene rings is 2. The van der Waals surface area contributed by atoms with Crippen molar-refractivity contribution in [3.63, 3.8) is 0 Å². The van der Waals surface area contributed by atoms with Gasteiger partial charge in [0, 0.05) is 17.2 Å². The molecule has 0 aromatic heterocycles. The minimum absolute atomic E-state index is 0.0182. The fourth-order valence-electron chi connectivity index (χ4n) is 1.81. The second kappa shape index (κ2) is 5.71. The van der Waals surface area contributed by atoms with E-state index in [1.807, 2.05) is 0 Å². The molecule has 102 valence electrons. The van der Waals surface area contributed by atoms with Gasteiger partial charge in [0.05, 0.1) is 17.6 Å². The second-order valence-corrected chi connectivity index (χ2v) is 4.42. The van der Waals surface area contributed by atoms with Gasteiger partial charge in [-0.1, -0.05) is 11.6 Å². The molecule has 0 radical (unpaired) electrons. The number of nitrogens with zero attached hydrogens (tertiary/aromatic N) is 1. The standard InChI is InChI=1S/C14H10ClNO4/c1-20-14(17)12-7-4-10(15)8-13(12)9-2-5-11(6-3-9)16(18)19/h2-8H,1H3. The normalized spacial score (nSPS) is 10.1. The number of hydrogen-bond acceptors (Lipinski definition) is 4. The number of carbonyl (C=O) groups excluding carboxylic acids is 1. The molecule has 0 N–H and O–H groups in total. The summed E-state index contributed by atoms with van der Waals surface area (Å²) in [6, 6.07) is 10.6. The van der Waals surface area contributed by atoms with Crippen LogP contribution in [0, 0.1) is 10.1 Å². The number of methoxy groups -OCH3 is 1. The van der Waals surface area contributed by atoms with Gasteiger partial charge in [-0.3, -0.25) is 10.1 Å². The van der Waals surface area contributed by atoms with Crippen LogP contribution in [0.25, 0.3) is 11.1 Å². The minimum atomic E-state index is -0.491. The number of esters is 1. The third-order valence-corrected chi connectivity index (χ3v) is 3.01. The first-order chi connectivity index (χ1) is 9.52. The Morgan fingerprint density at radius 3 is 2.40 bits per heavy atom. The first kappa shape index (κ1) is 14.0. The highest BCUT2D eigenvalue weighted by atomic mass is 35.5. The first-order valence-corrected chi connectivity index (χ1v) is 6.03. The lowest BCUT2D eigenvalue weighted by molar-refractivity contribution is -0.384. The van der Waals surface area contributed by atoms with Crippen LogP contribution in [0.5, 0.6) is 0 Å². The summed E-state index contributed by atoms with van der Waals surface area (Å²) in [6.07, 6.45) is 0. The van der Waals surface area contributed by atoms with Crippen molar-refractivity contribution >= 4 is 23.3 Å². The molecular formula is C14H10ClNO4. The summed E-state index contributed by atoms with van der Waals surface area (Å²) in [5.74, 6) is -0.491. The Labute approximate surface area is 119 Å². The van der Waals surface area contributed by atoms with E-state index in [0.717, 1.165) is 0 Å². The Kier molecular flexibility index (Phi) is 4.00. The summed E-state index contributed by atoms with van der Waals surface area (Å²) in [5, 5.41) is 11.1. The first-order valence-electron chi connectivity index (χ1n) is 5.65. The lowest BCUT2D eigenvalue weighted by Crippen LogP contribution is -2.03. The number of halogens is 1. The van der Waals surface area contributed by atoms with Crippen LogP contribution in [0.2, 0.25) is 5.02 Å². The van der Waals surface area contributed by atoms with E-state index < -0.39 is 10.9 Å². The topological polar surface area (TPSA) is 69.4 Å². The van der Waals surface area contributed by atoms with Gasteiger partial charge >= 0.3 is 5.97 Å². The van der Waals surface area contributed by atoms with Crippen molar-refractivity contribution in [3.05, 3.63) is 63.2 Å². The molecule has 0 spiro atoms. The van der Waals surface area contributed by atoms with E-state index in [2.05, 4.69) is 0 Å². The lowest BCUT2D eigenvalue weighted by Gasteiger charge is -2.08. The summed E-state index contributed by atoms with van der Waals surface area (Å²) >= 11 is 5.94. The van der Waals surface area contributed by atoms with E-state index in [1.54, 1.807) is 30.3 Å². The highest BCUT2D eigenvalue weighted by Gasteiger charge is 2.14. The molecule has 2 aromatic carbocycles. The van der Waals surface area contributed by atoms with Crippen molar-refractivity contribution in [2.45, 2.75) is 0 Å². The van der Waals surface area contributed by atoms with Crippen LogP contribution in [0.15, 0.2) is 42.5 Å². The van der Waals surface area contributed by atoms with Crippen molar-refractivity contribution in [1.29, 1.82) is 0 Å². The van der Waals surface area contributed by atoms with Crippen molar-refractivity contribution in [1.82, 2.24) is 0 Å². The monoisotopic (exact) mass is 291 g/mol. The Balaban J connectivity index is 2.53. The Bertz CT molecular complexity index is 667. The predicted molar refractivity (Wildman–Crippen MR) is 74.9 cm³/mol. The number of carbonyl (C=O) groups is 1. The molecule has 0 aliphatic rings. The number of non-ortho nitro benzene ring substituents is 1. The van der Waals surface area contributed by atoms with E-state index in [9.17, 15) is 14.9 Å². The van der Waals surface area contributed by atoms with Crippen LogP contribution in [-0.4, -0.2) is 18.0 Å². The Morgan fingerprint density at radius 1 is 1.20 bits per heavy atom. The molecule has 5 nitrogen and oxygen atoms in total. The van der Waals surface area contributed by atoms with E-state index in [1.165, 1.54) is 19.2 Å². The molecule has 0 saturated carbocycles. The van der Waals surface area contributed by atoms with Crippen molar-refractivity contribution in [2.75, 3.05) is 7.11 Å². The third kappa shape index (κ3) is 2.78. The smallest absolute Gasteiger partial charge is 0.338 e. The molecular weight excluding hydrogens is 282 g/mol. The van der Waals surface area contributed by atoms with Crippen LogP contribution < -0.4 is 0 Å². The van der Waals surface area contributed by atoms with Crippen molar-refractivity contribution in [3.8, 4) is 11.1 Å². The fourth-order valence-corrected chi connectivity index (χ4v) is 1.98. The van der Waals surface area contributed by atoms with Gasteiger partial charge in [-0.25, -0.2) is 4.79 Å². The van der Waals surface area contributed by atoms with Crippen LogP contribution >= 0.6 is 11.6 Å². The molecule has 20 heavy (non-hydrogen) atoms. The second-order valence-electron chi connectivity index (χ2n) is 3.99. The quantitative estimate of drug-likeness (QED) is 0.491. The molecule has 0 unspecified atom stereocenters. The summed E-state index contributed by atoms with van der Waals surface area (Å²) in [6.45, 7) is 0. The zero-order valence-electron chi connectivity index (χ0n) is 10.5. The van der Waals surface area contributed by atoms with Crippen LogP contribution in [0.1, 0.15) is 10.4 Å².